The van der Waals surface area contributed by atoms with Crippen LogP contribution in [-0.2, 0) is 25.5 Å². The van der Waals surface area contributed by atoms with Gasteiger partial charge in [-0.2, -0.15) is 0 Å². The molecular formula is C25H25NO7. The predicted molar refractivity (Wildman–Crippen MR) is 119 cm³/mol. The molecule has 0 saturated carbocycles. The van der Waals surface area contributed by atoms with Crippen molar-refractivity contribution in [3.05, 3.63) is 64.7 Å². The monoisotopic (exact) mass is 451 g/mol. The average molecular weight is 451 g/mol. The number of likely N-dealkylation sites (tertiary alicyclic amines) is 1. The van der Waals surface area contributed by atoms with Crippen LogP contribution in [-0.4, -0.2) is 54.5 Å². The zero-order valence-electron chi connectivity index (χ0n) is 18.5. The normalized spacial score (nSPS) is 18.8. The first kappa shape index (κ1) is 22.5. The molecule has 0 radical (unpaired) electrons. The fourth-order valence-electron chi connectivity index (χ4n) is 4.24. The topological polar surface area (TPSA) is 102 Å². The molecule has 0 bridgehead atoms. The zero-order valence-corrected chi connectivity index (χ0v) is 18.5. The molecule has 172 valence electrons. The predicted octanol–water partition coefficient (Wildman–Crippen LogP) is 3.01. The molecule has 1 N–H and O–H groups in total. The maximum Gasteiger partial charge on any atom is 0.308 e. The smallest absolute Gasteiger partial charge is 0.308 e. The van der Waals surface area contributed by atoms with Gasteiger partial charge in [-0.1, -0.05) is 12.1 Å². The largest absolute Gasteiger partial charge is 0.507 e. The van der Waals surface area contributed by atoms with E-state index in [0.29, 0.717) is 37.2 Å². The highest BCUT2D eigenvalue weighted by Gasteiger charge is 2.46. The fraction of sp³-hybridized carbons (Fsp3) is 0.320. The number of carbonyl (C=O) groups excluding carboxylic acids is 3. The van der Waals surface area contributed by atoms with Crippen LogP contribution in [0.3, 0.4) is 0 Å². The highest BCUT2D eigenvalue weighted by atomic mass is 16.5. The van der Waals surface area contributed by atoms with E-state index in [1.807, 2.05) is 0 Å². The summed E-state index contributed by atoms with van der Waals surface area (Å²) < 4.78 is 15.8. The summed E-state index contributed by atoms with van der Waals surface area (Å²) >= 11 is 0. The van der Waals surface area contributed by atoms with Crippen LogP contribution in [0, 0.1) is 0 Å². The molecule has 2 aromatic rings. The summed E-state index contributed by atoms with van der Waals surface area (Å²) in [6, 6.07) is 11.0. The van der Waals surface area contributed by atoms with Gasteiger partial charge in [0, 0.05) is 39.2 Å². The molecule has 1 fully saturated rings. The highest BCUT2D eigenvalue weighted by molar-refractivity contribution is 6.46. The summed E-state index contributed by atoms with van der Waals surface area (Å²) in [6.07, 6.45) is 1.22. The molecule has 8 heteroatoms. The summed E-state index contributed by atoms with van der Waals surface area (Å²) in [5.41, 5.74) is 1.92. The van der Waals surface area contributed by atoms with Gasteiger partial charge in [-0.15, -0.1) is 0 Å². The van der Waals surface area contributed by atoms with Crippen molar-refractivity contribution < 1.29 is 33.7 Å². The van der Waals surface area contributed by atoms with Gasteiger partial charge < -0.3 is 24.2 Å². The molecule has 1 atom stereocenters. The standard InChI is InChI=1S/C25H25NO7/c1-15(27)33-19-6-3-5-17(14-19)22-21(24(29)25(30)26(22)10-4-11-31-2)23(28)18-7-8-20-16(13-18)9-12-32-20/h3,5-8,13-14,22,28H,4,9-12H2,1-2H3/b23-21-. The molecule has 1 unspecified atom stereocenters. The van der Waals surface area contributed by atoms with Crippen molar-refractivity contribution in [1.82, 2.24) is 4.90 Å². The lowest BCUT2D eigenvalue weighted by molar-refractivity contribution is -0.140. The molecule has 0 aliphatic carbocycles. The number of Topliss-reactive ketones (excluding diaryl/α,β-unsaturated/α-hetero) is 1. The molecule has 2 aliphatic rings. The van der Waals surface area contributed by atoms with Gasteiger partial charge in [0.15, 0.2) is 0 Å². The van der Waals surface area contributed by atoms with Crippen molar-refractivity contribution >= 4 is 23.4 Å². The van der Waals surface area contributed by atoms with Crippen molar-refractivity contribution in [3.63, 3.8) is 0 Å². The summed E-state index contributed by atoms with van der Waals surface area (Å²) in [4.78, 5) is 38.9. The molecule has 0 aromatic heterocycles. The Kier molecular flexibility index (Phi) is 6.46. The number of fused-ring (bicyclic) bond motifs is 1. The number of ether oxygens (including phenoxy) is 3. The van der Waals surface area contributed by atoms with E-state index in [9.17, 15) is 19.5 Å². The Morgan fingerprint density at radius 2 is 2.03 bits per heavy atom. The van der Waals surface area contributed by atoms with E-state index in [-0.39, 0.29) is 23.6 Å². The van der Waals surface area contributed by atoms with Gasteiger partial charge >= 0.3 is 5.97 Å². The first-order chi connectivity index (χ1) is 15.9. The number of nitrogens with zero attached hydrogens (tertiary/aromatic N) is 1. The van der Waals surface area contributed by atoms with Crippen LogP contribution in [0.15, 0.2) is 48.0 Å². The van der Waals surface area contributed by atoms with Gasteiger partial charge in [0.25, 0.3) is 11.7 Å². The van der Waals surface area contributed by atoms with E-state index in [4.69, 9.17) is 14.2 Å². The molecular weight excluding hydrogens is 426 g/mol. The number of ketones is 1. The molecule has 1 amide bonds. The minimum Gasteiger partial charge on any atom is -0.507 e. The number of hydrogen-bond donors (Lipinski definition) is 1. The van der Waals surface area contributed by atoms with E-state index in [1.54, 1.807) is 49.6 Å². The first-order valence-corrected chi connectivity index (χ1v) is 10.7. The van der Waals surface area contributed by atoms with Crippen molar-refractivity contribution in [3.8, 4) is 11.5 Å². The molecule has 0 spiro atoms. The summed E-state index contributed by atoms with van der Waals surface area (Å²) in [5, 5.41) is 11.2. The minimum atomic E-state index is -0.832. The number of carbonyl (C=O) groups is 3. The van der Waals surface area contributed by atoms with Gasteiger partial charge in [-0.25, -0.2) is 0 Å². The van der Waals surface area contributed by atoms with Gasteiger partial charge in [-0.05, 0) is 47.9 Å². The second-order valence-corrected chi connectivity index (χ2v) is 7.93. The Hall–Kier alpha value is -3.65. The molecule has 1 saturated heterocycles. The van der Waals surface area contributed by atoms with E-state index >= 15 is 0 Å². The van der Waals surface area contributed by atoms with Crippen LogP contribution in [0.5, 0.6) is 11.5 Å². The van der Waals surface area contributed by atoms with Crippen LogP contribution in [0.1, 0.15) is 36.1 Å². The molecule has 2 heterocycles. The number of esters is 1. The number of methoxy groups -OCH3 is 1. The minimum absolute atomic E-state index is 0.00347. The molecule has 2 aromatic carbocycles. The third-order valence-corrected chi connectivity index (χ3v) is 5.69. The quantitative estimate of drug-likeness (QED) is 0.172. The number of rotatable bonds is 7. The second-order valence-electron chi connectivity index (χ2n) is 7.93. The summed E-state index contributed by atoms with van der Waals surface area (Å²) in [5.74, 6) is -1.15. The second kappa shape index (κ2) is 9.46. The van der Waals surface area contributed by atoms with E-state index in [0.717, 1.165) is 11.3 Å². The number of aliphatic hydroxyl groups is 1. The number of aliphatic hydroxyl groups excluding tert-OH is 1. The summed E-state index contributed by atoms with van der Waals surface area (Å²) in [6.45, 7) is 2.52. The Bertz CT molecular complexity index is 1140. The maximum absolute atomic E-state index is 13.1. The van der Waals surface area contributed by atoms with E-state index < -0.39 is 23.7 Å². The third-order valence-electron chi connectivity index (χ3n) is 5.69. The van der Waals surface area contributed by atoms with E-state index in [2.05, 4.69) is 0 Å². The van der Waals surface area contributed by atoms with Crippen molar-refractivity contribution in [2.45, 2.75) is 25.8 Å². The lowest BCUT2D eigenvalue weighted by Crippen LogP contribution is -2.31. The molecule has 33 heavy (non-hydrogen) atoms. The first-order valence-electron chi connectivity index (χ1n) is 10.7. The lowest BCUT2D eigenvalue weighted by atomic mass is 9.94. The van der Waals surface area contributed by atoms with Gasteiger partial charge in [0.05, 0.1) is 18.2 Å². The van der Waals surface area contributed by atoms with Gasteiger partial charge in [0.1, 0.15) is 17.3 Å². The maximum atomic E-state index is 13.1. The van der Waals surface area contributed by atoms with Crippen LogP contribution < -0.4 is 9.47 Å². The molecule has 8 nitrogen and oxygen atoms in total. The van der Waals surface area contributed by atoms with Crippen molar-refractivity contribution in [2.24, 2.45) is 0 Å². The van der Waals surface area contributed by atoms with Crippen LogP contribution in [0.25, 0.3) is 5.76 Å². The number of benzene rings is 2. The fourth-order valence-corrected chi connectivity index (χ4v) is 4.24. The Morgan fingerprint density at radius 1 is 1.21 bits per heavy atom. The van der Waals surface area contributed by atoms with E-state index in [1.165, 1.54) is 11.8 Å². The van der Waals surface area contributed by atoms with Crippen molar-refractivity contribution in [1.29, 1.82) is 0 Å². The summed E-state index contributed by atoms with van der Waals surface area (Å²) in [7, 11) is 1.56. The van der Waals surface area contributed by atoms with Crippen molar-refractivity contribution in [2.75, 3.05) is 26.9 Å². The molecule has 2 aliphatic heterocycles. The van der Waals surface area contributed by atoms with Crippen LogP contribution in [0.2, 0.25) is 0 Å². The van der Waals surface area contributed by atoms with Crippen LogP contribution >= 0.6 is 0 Å². The zero-order chi connectivity index (χ0) is 23.5. The molecule has 4 rings (SSSR count). The third kappa shape index (κ3) is 4.47. The lowest BCUT2D eigenvalue weighted by Gasteiger charge is -2.25. The Balaban J connectivity index is 1.81. The SMILES string of the molecule is COCCCN1C(=O)C(=O)/C(=C(\O)c2ccc3c(c2)CCO3)C1c1cccc(OC(C)=O)c1. The van der Waals surface area contributed by atoms with Crippen LogP contribution in [0.4, 0.5) is 0 Å². The number of amides is 1. The Morgan fingerprint density at radius 3 is 2.79 bits per heavy atom. The average Bonchev–Trinajstić information content (AvgIpc) is 3.36. The number of hydrogen-bond acceptors (Lipinski definition) is 7. The Labute approximate surface area is 191 Å². The van der Waals surface area contributed by atoms with Gasteiger partial charge in [0.2, 0.25) is 0 Å². The highest BCUT2D eigenvalue weighted by Crippen LogP contribution is 2.41. The van der Waals surface area contributed by atoms with Gasteiger partial charge in [-0.3, -0.25) is 14.4 Å².